The van der Waals surface area contributed by atoms with Crippen molar-refractivity contribution < 1.29 is 4.79 Å². The lowest BCUT2D eigenvalue weighted by Crippen LogP contribution is -2.45. The van der Waals surface area contributed by atoms with Crippen LogP contribution in [0.25, 0.3) is 0 Å². The molecule has 0 unspecified atom stereocenters. The molecule has 1 aliphatic heterocycles. The maximum atomic E-state index is 12.4. The van der Waals surface area contributed by atoms with Crippen LogP contribution in [0.15, 0.2) is 17.5 Å². The third-order valence-corrected chi connectivity index (χ3v) is 5.57. The molecule has 1 aliphatic rings. The highest BCUT2D eigenvalue weighted by atomic mass is 32.1. The first-order valence-electron chi connectivity index (χ1n) is 6.41. The van der Waals surface area contributed by atoms with E-state index in [-0.39, 0.29) is 5.91 Å². The van der Waals surface area contributed by atoms with Gasteiger partial charge >= 0.3 is 0 Å². The van der Waals surface area contributed by atoms with Crippen LogP contribution in [-0.4, -0.2) is 22.3 Å². The topological polar surface area (TPSA) is 33.2 Å². The zero-order chi connectivity index (χ0) is 13.4. The molecule has 3 rings (SSSR count). The molecule has 1 fully saturated rings. The fraction of sp³-hybridized carbons (Fsp3) is 0.429. The van der Waals surface area contributed by atoms with Gasteiger partial charge in [0.05, 0.1) is 23.2 Å². The van der Waals surface area contributed by atoms with E-state index in [2.05, 4.69) is 22.5 Å². The standard InChI is InChI=1S/C14H16N2OS2/c1-9-13(19-10(2)15-9)8-14(17)16-6-5-11(16)12-4-3-7-18-12/h3-4,7,11H,5-6,8H2,1-2H3/t11-/m0/s1. The van der Waals surface area contributed by atoms with Gasteiger partial charge in [0.2, 0.25) is 5.91 Å². The van der Waals surface area contributed by atoms with E-state index in [0.717, 1.165) is 28.5 Å². The van der Waals surface area contributed by atoms with Gasteiger partial charge < -0.3 is 4.90 Å². The highest BCUT2D eigenvalue weighted by molar-refractivity contribution is 7.11. The summed E-state index contributed by atoms with van der Waals surface area (Å²) in [6.07, 6.45) is 1.59. The smallest absolute Gasteiger partial charge is 0.228 e. The van der Waals surface area contributed by atoms with Crippen molar-refractivity contribution in [1.29, 1.82) is 0 Å². The summed E-state index contributed by atoms with van der Waals surface area (Å²) in [5.41, 5.74) is 1.00. The van der Waals surface area contributed by atoms with Crippen molar-refractivity contribution in [3.8, 4) is 0 Å². The number of aromatic nitrogens is 1. The van der Waals surface area contributed by atoms with Gasteiger partial charge in [0.15, 0.2) is 0 Å². The molecular formula is C14H16N2OS2. The summed E-state index contributed by atoms with van der Waals surface area (Å²) < 4.78 is 0. The Hall–Kier alpha value is -1.20. The highest BCUT2D eigenvalue weighted by Crippen LogP contribution is 2.36. The molecule has 0 radical (unpaired) electrons. The first-order chi connectivity index (χ1) is 9.15. The van der Waals surface area contributed by atoms with Crippen LogP contribution in [0, 0.1) is 13.8 Å². The van der Waals surface area contributed by atoms with Crippen LogP contribution in [-0.2, 0) is 11.2 Å². The third kappa shape index (κ3) is 2.44. The number of thiazole rings is 1. The van der Waals surface area contributed by atoms with Crippen LogP contribution >= 0.6 is 22.7 Å². The number of nitrogens with zero attached hydrogens (tertiary/aromatic N) is 2. The van der Waals surface area contributed by atoms with E-state index in [4.69, 9.17) is 0 Å². The Balaban J connectivity index is 1.70. The quantitative estimate of drug-likeness (QED) is 0.869. The van der Waals surface area contributed by atoms with Crippen LogP contribution in [0.1, 0.15) is 32.9 Å². The molecule has 0 aliphatic carbocycles. The molecule has 19 heavy (non-hydrogen) atoms. The number of hydrogen-bond acceptors (Lipinski definition) is 4. The Labute approximate surface area is 120 Å². The van der Waals surface area contributed by atoms with Gasteiger partial charge in [0, 0.05) is 16.3 Å². The molecule has 2 aromatic rings. The molecule has 3 heterocycles. The molecule has 5 heteroatoms. The lowest BCUT2D eigenvalue weighted by atomic mass is 10.0. The number of hydrogen-bond donors (Lipinski definition) is 0. The normalized spacial score (nSPS) is 18.4. The molecular weight excluding hydrogens is 276 g/mol. The van der Waals surface area contributed by atoms with Crippen LogP contribution in [0.3, 0.4) is 0 Å². The maximum Gasteiger partial charge on any atom is 0.228 e. The Morgan fingerprint density at radius 1 is 1.53 bits per heavy atom. The minimum atomic E-state index is 0.233. The Morgan fingerprint density at radius 3 is 2.89 bits per heavy atom. The molecule has 1 amide bonds. The second kappa shape index (κ2) is 5.06. The minimum Gasteiger partial charge on any atom is -0.334 e. The first-order valence-corrected chi connectivity index (χ1v) is 8.10. The molecule has 3 nitrogen and oxygen atoms in total. The van der Waals surface area contributed by atoms with E-state index in [1.165, 1.54) is 4.88 Å². The minimum absolute atomic E-state index is 0.233. The Morgan fingerprint density at radius 2 is 2.37 bits per heavy atom. The van der Waals surface area contributed by atoms with Crippen molar-refractivity contribution in [1.82, 2.24) is 9.88 Å². The second-order valence-corrected chi connectivity index (χ2v) is 7.09. The zero-order valence-electron chi connectivity index (χ0n) is 11.0. The van der Waals surface area contributed by atoms with E-state index in [0.29, 0.717) is 12.5 Å². The zero-order valence-corrected chi connectivity index (χ0v) is 12.7. The van der Waals surface area contributed by atoms with Gasteiger partial charge in [-0.05, 0) is 31.7 Å². The van der Waals surface area contributed by atoms with E-state index >= 15 is 0 Å². The molecule has 0 spiro atoms. The summed E-state index contributed by atoms with van der Waals surface area (Å²) in [6.45, 7) is 4.86. The van der Waals surface area contributed by atoms with Crippen LogP contribution < -0.4 is 0 Å². The number of carbonyl (C=O) groups is 1. The first kappa shape index (κ1) is 12.8. The van der Waals surface area contributed by atoms with Crippen molar-refractivity contribution in [2.45, 2.75) is 32.7 Å². The summed E-state index contributed by atoms with van der Waals surface area (Å²) in [4.78, 5) is 21.2. The SMILES string of the molecule is Cc1nc(C)c(CC(=O)N2CC[C@H]2c2cccs2)s1. The largest absolute Gasteiger partial charge is 0.334 e. The molecule has 100 valence electrons. The van der Waals surface area contributed by atoms with Gasteiger partial charge in [-0.15, -0.1) is 22.7 Å². The molecule has 1 saturated heterocycles. The molecule has 2 aromatic heterocycles. The van der Waals surface area contributed by atoms with Gasteiger partial charge in [0.1, 0.15) is 0 Å². The molecule has 0 aromatic carbocycles. The summed E-state index contributed by atoms with van der Waals surface area (Å²) in [5.74, 6) is 0.233. The predicted octanol–water partition coefficient (Wildman–Crippen LogP) is 3.34. The lowest BCUT2D eigenvalue weighted by molar-refractivity contribution is -0.138. The monoisotopic (exact) mass is 292 g/mol. The Bertz CT molecular complexity index is 589. The Kier molecular flexibility index (Phi) is 3.41. The summed E-state index contributed by atoms with van der Waals surface area (Å²) in [5, 5.41) is 3.12. The fourth-order valence-electron chi connectivity index (χ4n) is 2.44. The molecule has 0 N–H and O–H groups in total. The van der Waals surface area contributed by atoms with E-state index in [9.17, 15) is 4.79 Å². The van der Waals surface area contributed by atoms with Crippen molar-refractivity contribution in [3.63, 3.8) is 0 Å². The molecule has 1 atom stereocenters. The van der Waals surface area contributed by atoms with E-state index < -0.39 is 0 Å². The van der Waals surface area contributed by atoms with Gasteiger partial charge in [-0.1, -0.05) is 6.07 Å². The average Bonchev–Trinajstić information content (AvgIpc) is 2.88. The maximum absolute atomic E-state index is 12.4. The van der Waals surface area contributed by atoms with Crippen molar-refractivity contribution in [2.24, 2.45) is 0 Å². The summed E-state index contributed by atoms with van der Waals surface area (Å²) in [7, 11) is 0. The van der Waals surface area contributed by atoms with Crippen molar-refractivity contribution in [2.75, 3.05) is 6.54 Å². The number of thiophene rings is 1. The van der Waals surface area contributed by atoms with Crippen LogP contribution in [0.4, 0.5) is 0 Å². The summed E-state index contributed by atoms with van der Waals surface area (Å²) in [6, 6.07) is 4.48. The van der Waals surface area contributed by atoms with Crippen LogP contribution in [0.2, 0.25) is 0 Å². The van der Waals surface area contributed by atoms with Gasteiger partial charge in [-0.2, -0.15) is 0 Å². The van der Waals surface area contributed by atoms with Crippen LogP contribution in [0.5, 0.6) is 0 Å². The van der Waals surface area contributed by atoms with Gasteiger partial charge in [-0.3, -0.25) is 4.79 Å². The third-order valence-electron chi connectivity index (χ3n) is 3.52. The second-order valence-electron chi connectivity index (χ2n) is 4.83. The van der Waals surface area contributed by atoms with Crippen molar-refractivity contribution in [3.05, 3.63) is 38.0 Å². The number of rotatable bonds is 3. The molecule has 0 saturated carbocycles. The number of carbonyl (C=O) groups excluding carboxylic acids is 1. The number of likely N-dealkylation sites (tertiary alicyclic amines) is 1. The predicted molar refractivity (Wildman–Crippen MR) is 78.7 cm³/mol. The van der Waals surface area contributed by atoms with E-state index in [1.54, 1.807) is 22.7 Å². The molecule has 0 bridgehead atoms. The van der Waals surface area contributed by atoms with E-state index in [1.807, 2.05) is 18.7 Å². The van der Waals surface area contributed by atoms with Crippen molar-refractivity contribution >= 4 is 28.6 Å². The number of amides is 1. The highest BCUT2D eigenvalue weighted by Gasteiger charge is 2.34. The number of aryl methyl sites for hydroxylation is 2. The fourth-order valence-corrected chi connectivity index (χ4v) is 4.24. The average molecular weight is 292 g/mol. The van der Waals surface area contributed by atoms with Gasteiger partial charge in [0.25, 0.3) is 0 Å². The lowest BCUT2D eigenvalue weighted by Gasteiger charge is -2.40. The summed E-state index contributed by atoms with van der Waals surface area (Å²) >= 11 is 3.38. The van der Waals surface area contributed by atoms with Gasteiger partial charge in [-0.25, -0.2) is 4.98 Å².